The fourth-order valence-electron chi connectivity index (χ4n) is 2.83. The van der Waals surface area contributed by atoms with Crippen molar-refractivity contribution in [3.8, 4) is 0 Å². The first-order valence-corrected chi connectivity index (χ1v) is 10.3. The van der Waals surface area contributed by atoms with E-state index in [9.17, 15) is 13.2 Å². The molecule has 2 rings (SSSR count). The zero-order valence-corrected chi connectivity index (χ0v) is 16.0. The fourth-order valence-corrected chi connectivity index (χ4v) is 4.45. The summed E-state index contributed by atoms with van der Waals surface area (Å²) in [7, 11) is -3.80. The molecule has 7 nitrogen and oxygen atoms in total. The molecule has 0 saturated heterocycles. The van der Waals surface area contributed by atoms with Crippen molar-refractivity contribution < 1.29 is 13.2 Å². The maximum atomic E-state index is 12.2. The molecule has 4 N–H and O–H groups in total. The molecule has 1 aliphatic rings. The Morgan fingerprint density at radius 3 is 2.83 bits per heavy atom. The van der Waals surface area contributed by atoms with Crippen LogP contribution in [-0.4, -0.2) is 31.9 Å². The molecule has 1 aliphatic carbocycles. The number of carbonyl (C=O) groups is 1. The van der Waals surface area contributed by atoms with Gasteiger partial charge < -0.3 is 11.1 Å². The summed E-state index contributed by atoms with van der Waals surface area (Å²) in [4.78, 5) is 15.7. The van der Waals surface area contributed by atoms with Gasteiger partial charge >= 0.3 is 0 Å². The highest BCUT2D eigenvalue weighted by Crippen LogP contribution is 2.23. The molecular weight excluding hydrogens is 396 g/mol. The van der Waals surface area contributed by atoms with Gasteiger partial charge in [0.25, 0.3) is 0 Å². The van der Waals surface area contributed by atoms with Crippen molar-refractivity contribution in [1.82, 2.24) is 15.0 Å². The summed E-state index contributed by atoms with van der Waals surface area (Å²) in [5, 5.41) is 3.00. The van der Waals surface area contributed by atoms with Crippen LogP contribution < -0.4 is 15.8 Å². The van der Waals surface area contributed by atoms with E-state index < -0.39 is 10.0 Å². The number of anilines is 1. The SMILES string of the molecule is C[C@H]1CCCC[C@@H]1NC(=O)CCNS(=O)(=O)c1cc(Br)cnc1N. The maximum Gasteiger partial charge on any atom is 0.244 e. The largest absolute Gasteiger partial charge is 0.383 e. The number of carbonyl (C=O) groups excluding carboxylic acids is 1. The van der Waals surface area contributed by atoms with E-state index in [-0.39, 0.29) is 35.6 Å². The Hall–Kier alpha value is -1.19. The number of amides is 1. The third-order valence-electron chi connectivity index (χ3n) is 4.24. The van der Waals surface area contributed by atoms with Crippen LogP contribution in [-0.2, 0) is 14.8 Å². The predicted octanol–water partition coefficient (Wildman–Crippen LogP) is 1.79. The minimum absolute atomic E-state index is 0.0151. The molecule has 0 unspecified atom stereocenters. The Kier molecular flexibility index (Phi) is 6.59. The van der Waals surface area contributed by atoms with Gasteiger partial charge in [0.2, 0.25) is 15.9 Å². The molecule has 0 aliphatic heterocycles. The first-order valence-electron chi connectivity index (χ1n) is 7.99. The van der Waals surface area contributed by atoms with Gasteiger partial charge in [0.1, 0.15) is 10.7 Å². The van der Waals surface area contributed by atoms with Gasteiger partial charge in [0, 0.05) is 29.7 Å². The average Bonchev–Trinajstić information content (AvgIpc) is 2.51. The summed E-state index contributed by atoms with van der Waals surface area (Å²) in [6, 6.07) is 1.57. The molecule has 1 fully saturated rings. The van der Waals surface area contributed by atoms with Crippen molar-refractivity contribution in [2.45, 2.75) is 50.0 Å². The first-order chi connectivity index (χ1) is 11.3. The Morgan fingerprint density at radius 2 is 2.12 bits per heavy atom. The van der Waals surface area contributed by atoms with Gasteiger partial charge in [-0.15, -0.1) is 0 Å². The van der Waals surface area contributed by atoms with Gasteiger partial charge in [-0.3, -0.25) is 4.79 Å². The number of aromatic nitrogens is 1. The normalized spacial score (nSPS) is 21.4. The van der Waals surface area contributed by atoms with Gasteiger partial charge in [-0.1, -0.05) is 19.8 Å². The van der Waals surface area contributed by atoms with E-state index in [2.05, 4.69) is 37.9 Å². The van der Waals surface area contributed by atoms with Crippen LogP contribution in [0.1, 0.15) is 39.0 Å². The molecule has 134 valence electrons. The van der Waals surface area contributed by atoms with Crippen LogP contribution in [0.15, 0.2) is 21.6 Å². The van der Waals surface area contributed by atoms with Crippen molar-refractivity contribution in [2.75, 3.05) is 12.3 Å². The quantitative estimate of drug-likeness (QED) is 0.651. The van der Waals surface area contributed by atoms with E-state index in [1.807, 2.05) is 0 Å². The number of nitrogens with zero attached hydrogens (tertiary/aromatic N) is 1. The van der Waals surface area contributed by atoms with Gasteiger partial charge in [-0.2, -0.15) is 0 Å². The lowest BCUT2D eigenvalue weighted by Crippen LogP contribution is -2.42. The molecular formula is C15H23BrN4O3S. The zero-order valence-electron chi connectivity index (χ0n) is 13.6. The Balaban J connectivity index is 1.86. The molecule has 1 aromatic heterocycles. The summed E-state index contributed by atoms with van der Waals surface area (Å²) in [6.45, 7) is 2.15. The lowest BCUT2D eigenvalue weighted by molar-refractivity contribution is -0.122. The molecule has 0 radical (unpaired) electrons. The molecule has 1 heterocycles. The molecule has 9 heteroatoms. The Morgan fingerprint density at radius 1 is 1.42 bits per heavy atom. The lowest BCUT2D eigenvalue weighted by Gasteiger charge is -2.29. The second-order valence-corrected chi connectivity index (χ2v) is 8.77. The van der Waals surface area contributed by atoms with Crippen molar-refractivity contribution in [3.63, 3.8) is 0 Å². The standard InChI is InChI=1S/C15H23BrN4O3S/c1-10-4-2-3-5-12(10)20-14(21)6-7-19-24(22,23)13-8-11(16)9-18-15(13)17/h8-10,12,19H,2-7H2,1H3,(H2,17,18)(H,20,21)/t10-,12-/m0/s1. The van der Waals surface area contributed by atoms with E-state index >= 15 is 0 Å². The van der Waals surface area contributed by atoms with Crippen LogP contribution in [0, 0.1) is 5.92 Å². The predicted molar refractivity (Wildman–Crippen MR) is 95.7 cm³/mol. The Bertz CT molecular complexity index is 696. The Labute approximate surface area is 151 Å². The number of hydrogen-bond donors (Lipinski definition) is 3. The zero-order chi connectivity index (χ0) is 17.7. The maximum absolute atomic E-state index is 12.2. The number of nitrogen functional groups attached to an aromatic ring is 1. The van der Waals surface area contributed by atoms with Crippen molar-refractivity contribution in [2.24, 2.45) is 5.92 Å². The molecule has 0 spiro atoms. The van der Waals surface area contributed by atoms with Gasteiger partial charge in [-0.25, -0.2) is 18.1 Å². The number of pyridine rings is 1. The molecule has 24 heavy (non-hydrogen) atoms. The van der Waals surface area contributed by atoms with Crippen molar-refractivity contribution in [3.05, 3.63) is 16.7 Å². The summed E-state index contributed by atoms with van der Waals surface area (Å²) in [6.07, 6.45) is 5.94. The smallest absolute Gasteiger partial charge is 0.244 e. The third-order valence-corrected chi connectivity index (χ3v) is 6.16. The minimum Gasteiger partial charge on any atom is -0.383 e. The summed E-state index contributed by atoms with van der Waals surface area (Å²) in [5.41, 5.74) is 5.62. The number of halogens is 1. The molecule has 1 amide bonds. The van der Waals surface area contributed by atoms with Crippen LogP contribution in [0.4, 0.5) is 5.82 Å². The number of sulfonamides is 1. The van der Waals surface area contributed by atoms with Crippen LogP contribution >= 0.6 is 15.9 Å². The topological polar surface area (TPSA) is 114 Å². The van der Waals surface area contributed by atoms with Gasteiger partial charge in [-0.05, 0) is 40.8 Å². The highest BCUT2D eigenvalue weighted by Gasteiger charge is 2.23. The first kappa shape index (κ1) is 19.1. The second-order valence-electron chi connectivity index (χ2n) is 6.12. The molecule has 2 atom stereocenters. The monoisotopic (exact) mass is 418 g/mol. The number of nitrogens with two attached hydrogens (primary N) is 1. The fraction of sp³-hybridized carbons (Fsp3) is 0.600. The molecule has 1 aromatic rings. The summed E-state index contributed by atoms with van der Waals surface area (Å²) in [5.74, 6) is 0.245. The van der Waals surface area contributed by atoms with E-state index in [1.54, 1.807) is 0 Å². The van der Waals surface area contributed by atoms with Gasteiger partial charge in [0.15, 0.2) is 0 Å². The summed E-state index contributed by atoms with van der Waals surface area (Å²) >= 11 is 3.17. The number of nitrogens with one attached hydrogen (secondary N) is 2. The van der Waals surface area contributed by atoms with E-state index in [0.29, 0.717) is 10.4 Å². The minimum atomic E-state index is -3.80. The van der Waals surface area contributed by atoms with Crippen LogP contribution in [0.2, 0.25) is 0 Å². The highest BCUT2D eigenvalue weighted by atomic mass is 79.9. The molecule has 0 bridgehead atoms. The third kappa shape index (κ3) is 5.15. The van der Waals surface area contributed by atoms with E-state index in [4.69, 9.17) is 5.73 Å². The van der Waals surface area contributed by atoms with E-state index in [1.165, 1.54) is 18.7 Å². The summed E-state index contributed by atoms with van der Waals surface area (Å²) < 4.78 is 27.4. The van der Waals surface area contributed by atoms with Crippen LogP contribution in [0.3, 0.4) is 0 Å². The van der Waals surface area contributed by atoms with E-state index in [0.717, 1.165) is 19.3 Å². The number of hydrogen-bond acceptors (Lipinski definition) is 5. The van der Waals surface area contributed by atoms with Crippen LogP contribution in [0.5, 0.6) is 0 Å². The highest BCUT2D eigenvalue weighted by molar-refractivity contribution is 9.10. The molecule has 1 saturated carbocycles. The van der Waals surface area contributed by atoms with Gasteiger partial charge in [0.05, 0.1) is 0 Å². The molecule has 0 aromatic carbocycles. The second kappa shape index (κ2) is 8.26. The van der Waals surface area contributed by atoms with Crippen molar-refractivity contribution >= 4 is 37.7 Å². The van der Waals surface area contributed by atoms with Crippen LogP contribution in [0.25, 0.3) is 0 Å². The average molecular weight is 419 g/mol. The lowest BCUT2D eigenvalue weighted by atomic mass is 9.86. The number of rotatable bonds is 6. The van der Waals surface area contributed by atoms with Crippen molar-refractivity contribution in [1.29, 1.82) is 0 Å².